The number of rotatable bonds is 7. The summed E-state index contributed by atoms with van der Waals surface area (Å²) >= 11 is 16.8. The summed E-state index contributed by atoms with van der Waals surface area (Å²) in [5, 5.41) is 32.1. The van der Waals surface area contributed by atoms with Crippen LogP contribution in [0.4, 0.5) is 5.69 Å². The van der Waals surface area contributed by atoms with Gasteiger partial charge in [-0.3, -0.25) is 9.59 Å². The maximum Gasteiger partial charge on any atom is 0.278 e. The molecule has 0 spiro atoms. The Morgan fingerprint density at radius 2 is 1.69 bits per heavy atom. The molecule has 0 saturated carbocycles. The van der Waals surface area contributed by atoms with E-state index < -0.39 is 51.5 Å². The maximum absolute atomic E-state index is 12.1. The zero-order valence-corrected chi connectivity index (χ0v) is 25.4. The van der Waals surface area contributed by atoms with Gasteiger partial charge in [-0.1, -0.05) is 77.3 Å². The van der Waals surface area contributed by atoms with Gasteiger partial charge >= 0.3 is 0 Å². The number of anilines is 1. The first-order chi connectivity index (χ1) is 19.7. The summed E-state index contributed by atoms with van der Waals surface area (Å²) in [5.41, 5.74) is 3.11. The molecule has 4 rings (SSSR count). The van der Waals surface area contributed by atoms with Crippen LogP contribution in [0.5, 0.6) is 0 Å². The molecule has 3 aromatic carbocycles. The molecular formula is C28H28Cl3N3O7S. The van der Waals surface area contributed by atoms with Gasteiger partial charge in [0.25, 0.3) is 11.8 Å². The van der Waals surface area contributed by atoms with Crippen LogP contribution in [0.2, 0.25) is 5.02 Å². The van der Waals surface area contributed by atoms with Crippen molar-refractivity contribution in [1.82, 2.24) is 5.32 Å². The number of likely N-dealkylation sites (N-methyl/N-ethyl adjacent to an activating group) is 1. The number of nitrogens with zero attached hydrogens (tertiary/aromatic N) is 2. The number of benzene rings is 3. The zero-order valence-electron chi connectivity index (χ0n) is 22.4. The minimum atomic E-state index is -3.34. The molecule has 1 heterocycles. The number of fused-ring (bicyclic) bond motifs is 1. The molecule has 1 aliphatic rings. The number of carbonyl (C=O) groups excluding carboxylic acids is 2. The quantitative estimate of drug-likeness (QED) is 0.285. The Morgan fingerprint density at radius 1 is 1.07 bits per heavy atom. The van der Waals surface area contributed by atoms with Gasteiger partial charge in [0.2, 0.25) is 6.23 Å². The fourth-order valence-electron chi connectivity index (χ4n) is 3.97. The van der Waals surface area contributed by atoms with E-state index in [1.165, 1.54) is 29.2 Å². The summed E-state index contributed by atoms with van der Waals surface area (Å²) in [7, 11) is -1.72. The van der Waals surface area contributed by atoms with Crippen LogP contribution in [-0.4, -0.2) is 78.3 Å². The summed E-state index contributed by atoms with van der Waals surface area (Å²) in [6.07, 6.45) is -1.59. The van der Waals surface area contributed by atoms with E-state index in [0.717, 1.165) is 17.4 Å². The summed E-state index contributed by atoms with van der Waals surface area (Å²) in [6.45, 7) is -0.540. The average molecular weight is 657 g/mol. The van der Waals surface area contributed by atoms with E-state index in [0.29, 0.717) is 22.0 Å². The Morgan fingerprint density at radius 3 is 2.24 bits per heavy atom. The van der Waals surface area contributed by atoms with Crippen LogP contribution in [0.1, 0.15) is 22.8 Å². The molecule has 0 fully saturated rings. The normalized spacial score (nSPS) is 16.4. The van der Waals surface area contributed by atoms with Crippen LogP contribution in [0.25, 0.3) is 0 Å². The molecule has 42 heavy (non-hydrogen) atoms. The third-order valence-corrected chi connectivity index (χ3v) is 7.94. The Bertz CT molecular complexity index is 1550. The van der Waals surface area contributed by atoms with Crippen molar-refractivity contribution in [3.05, 3.63) is 94.5 Å². The van der Waals surface area contributed by atoms with E-state index in [-0.39, 0.29) is 4.90 Å². The van der Waals surface area contributed by atoms with Gasteiger partial charge in [-0.05, 0) is 35.9 Å². The third kappa shape index (κ3) is 8.29. The van der Waals surface area contributed by atoms with Crippen molar-refractivity contribution in [3.63, 3.8) is 0 Å². The molecule has 3 aromatic rings. The second-order valence-corrected chi connectivity index (χ2v) is 12.7. The van der Waals surface area contributed by atoms with Crippen LogP contribution in [0.3, 0.4) is 0 Å². The van der Waals surface area contributed by atoms with Gasteiger partial charge < -0.3 is 25.5 Å². The van der Waals surface area contributed by atoms with Crippen molar-refractivity contribution in [2.75, 3.05) is 24.8 Å². The molecule has 2 amide bonds. The van der Waals surface area contributed by atoms with Crippen molar-refractivity contribution in [2.24, 2.45) is 4.99 Å². The highest BCUT2D eigenvalue weighted by Crippen LogP contribution is 2.29. The first-order valence-corrected chi connectivity index (χ1v) is 15.4. The van der Waals surface area contributed by atoms with E-state index in [4.69, 9.17) is 34.8 Å². The molecule has 1 unspecified atom stereocenters. The molecule has 0 radical (unpaired) electrons. The van der Waals surface area contributed by atoms with E-state index in [9.17, 15) is 33.3 Å². The SMILES string of the molecule is CN1C(=O)C(O)N=C(c2ccccc2)c2cc(Cl)ccc21.CS(=O)(=O)c1ccc([C@@H](O)[C@@H](CO)NC(=O)C(Cl)Cl)cc1. The van der Waals surface area contributed by atoms with Gasteiger partial charge in [0.1, 0.15) is 6.10 Å². The lowest BCUT2D eigenvalue weighted by molar-refractivity contribution is -0.125. The highest BCUT2D eigenvalue weighted by atomic mass is 35.5. The molecule has 0 aromatic heterocycles. The second-order valence-electron chi connectivity index (χ2n) is 9.16. The largest absolute Gasteiger partial charge is 0.394 e. The fourth-order valence-corrected chi connectivity index (χ4v) is 4.90. The molecule has 14 heteroatoms. The number of carbonyl (C=O) groups is 2. The van der Waals surface area contributed by atoms with E-state index in [1.807, 2.05) is 30.3 Å². The predicted octanol–water partition coefficient (Wildman–Crippen LogP) is 2.88. The van der Waals surface area contributed by atoms with Crippen LogP contribution in [-0.2, 0) is 19.4 Å². The summed E-state index contributed by atoms with van der Waals surface area (Å²) in [6, 6.07) is 19.1. The minimum absolute atomic E-state index is 0.101. The predicted molar refractivity (Wildman–Crippen MR) is 162 cm³/mol. The Kier molecular flexibility index (Phi) is 11.5. The van der Waals surface area contributed by atoms with Crippen LogP contribution < -0.4 is 10.2 Å². The zero-order chi connectivity index (χ0) is 31.2. The van der Waals surface area contributed by atoms with Gasteiger partial charge in [0.05, 0.1) is 28.9 Å². The molecule has 10 nitrogen and oxygen atoms in total. The van der Waals surface area contributed by atoms with Crippen molar-refractivity contribution in [1.29, 1.82) is 0 Å². The third-order valence-electron chi connectivity index (χ3n) is 6.18. The highest BCUT2D eigenvalue weighted by molar-refractivity contribution is 7.90. The average Bonchev–Trinajstić information content (AvgIpc) is 3.05. The van der Waals surface area contributed by atoms with E-state index >= 15 is 0 Å². The lowest BCUT2D eigenvalue weighted by atomic mass is 10.0. The second kappa shape index (κ2) is 14.4. The number of aliphatic imine (C=N–C) groups is 1. The molecule has 1 aliphatic heterocycles. The van der Waals surface area contributed by atoms with Gasteiger partial charge in [-0.15, -0.1) is 0 Å². The van der Waals surface area contributed by atoms with E-state index in [1.54, 1.807) is 25.2 Å². The summed E-state index contributed by atoms with van der Waals surface area (Å²) in [4.78, 5) is 27.8. The smallest absolute Gasteiger partial charge is 0.278 e. The lowest BCUT2D eigenvalue weighted by Crippen LogP contribution is -2.44. The van der Waals surface area contributed by atoms with Gasteiger partial charge in [-0.2, -0.15) is 0 Å². The molecule has 0 saturated heterocycles. The maximum atomic E-state index is 12.1. The van der Waals surface area contributed by atoms with Crippen LogP contribution in [0.15, 0.2) is 82.7 Å². The van der Waals surface area contributed by atoms with Crippen molar-refractivity contribution < 1.29 is 33.3 Å². The molecule has 0 aliphatic carbocycles. The summed E-state index contributed by atoms with van der Waals surface area (Å²) < 4.78 is 22.7. The fraction of sp³-hybridized carbons (Fsp3) is 0.250. The van der Waals surface area contributed by atoms with Crippen molar-refractivity contribution in [2.45, 2.75) is 28.1 Å². The highest BCUT2D eigenvalue weighted by Gasteiger charge is 2.28. The number of amides is 2. The number of alkyl halides is 2. The first-order valence-electron chi connectivity index (χ1n) is 12.3. The molecule has 0 bridgehead atoms. The summed E-state index contributed by atoms with van der Waals surface area (Å²) in [5.74, 6) is -1.21. The number of hydrogen-bond acceptors (Lipinski definition) is 8. The monoisotopic (exact) mass is 655 g/mol. The lowest BCUT2D eigenvalue weighted by Gasteiger charge is -2.23. The number of aliphatic hydroxyl groups is 3. The van der Waals surface area contributed by atoms with Crippen molar-refractivity contribution >= 4 is 67.9 Å². The molecule has 3 atom stereocenters. The Hall–Kier alpha value is -3.03. The van der Waals surface area contributed by atoms with Crippen LogP contribution >= 0.6 is 34.8 Å². The Balaban J connectivity index is 0.000000230. The van der Waals surface area contributed by atoms with E-state index in [2.05, 4.69) is 10.3 Å². The Labute approximate surface area is 258 Å². The molecule has 224 valence electrons. The minimum Gasteiger partial charge on any atom is -0.394 e. The number of aliphatic hydroxyl groups excluding tert-OH is 3. The number of benzodiazepines with no additional fused rings is 1. The van der Waals surface area contributed by atoms with Crippen LogP contribution in [0, 0.1) is 0 Å². The molecular weight excluding hydrogens is 629 g/mol. The van der Waals surface area contributed by atoms with Gasteiger partial charge in [0, 0.05) is 29.5 Å². The van der Waals surface area contributed by atoms with Gasteiger partial charge in [0.15, 0.2) is 14.7 Å². The number of halogens is 3. The number of hydrogen-bond donors (Lipinski definition) is 4. The molecule has 4 N–H and O–H groups in total. The number of sulfone groups is 1. The van der Waals surface area contributed by atoms with Crippen molar-refractivity contribution in [3.8, 4) is 0 Å². The standard InChI is InChI=1S/C16H13ClN2O2.C12H15Cl2NO5S/c1-19-13-8-7-11(17)9-12(13)14(18-15(20)16(19)21)10-5-3-2-4-6-10;1-21(19,20)8-4-2-7(3-5-8)10(17)9(6-16)15-12(18)11(13)14/h2-9,15,20H,1H3;2-5,9-11,16-17H,6H2,1H3,(H,15,18)/t;9-,10-/m.1/s1. The number of nitrogens with one attached hydrogen (secondary N) is 1. The first kappa shape index (κ1) is 33.5. The topological polar surface area (TPSA) is 157 Å². The van der Waals surface area contributed by atoms with Gasteiger partial charge in [-0.25, -0.2) is 13.4 Å².